The monoisotopic (exact) mass is 400 g/mol. The van der Waals surface area contributed by atoms with Gasteiger partial charge >= 0.3 is 0 Å². The van der Waals surface area contributed by atoms with E-state index in [1.807, 2.05) is 12.2 Å². The van der Waals surface area contributed by atoms with Crippen LogP contribution in [0, 0.1) is 68.0 Å². The van der Waals surface area contributed by atoms with Crippen molar-refractivity contribution in [3.63, 3.8) is 0 Å². The van der Waals surface area contributed by atoms with Crippen molar-refractivity contribution in [1.29, 1.82) is 21.0 Å². The molecule has 0 heterocycles. The van der Waals surface area contributed by atoms with E-state index < -0.39 is 11.8 Å². The van der Waals surface area contributed by atoms with Gasteiger partial charge in [-0.05, 0) is 59.8 Å². The van der Waals surface area contributed by atoms with Crippen molar-refractivity contribution < 1.29 is 0 Å². The fourth-order valence-corrected chi connectivity index (χ4v) is 4.19. The fourth-order valence-electron chi connectivity index (χ4n) is 4.19. The zero-order chi connectivity index (χ0) is 22.4. The lowest BCUT2D eigenvalue weighted by molar-refractivity contribution is 0.365. The molecule has 0 aliphatic heterocycles. The minimum atomic E-state index is -0.726. The first-order chi connectivity index (χ1) is 14.1. The van der Waals surface area contributed by atoms with Crippen molar-refractivity contribution in [2.75, 3.05) is 13.1 Å². The largest absolute Gasteiger partial charge is 0.288 e. The Kier molecular flexibility index (Phi) is 7.32. The van der Waals surface area contributed by atoms with Gasteiger partial charge in [-0.25, -0.2) is 0 Å². The molecule has 0 N–H and O–H groups in total. The van der Waals surface area contributed by atoms with Crippen LogP contribution in [0.3, 0.4) is 0 Å². The molecule has 6 heteroatoms. The summed E-state index contributed by atoms with van der Waals surface area (Å²) in [6, 6.07) is 8.25. The highest BCUT2D eigenvalue weighted by Gasteiger charge is 2.31. The quantitative estimate of drug-likeness (QED) is 0.622. The van der Waals surface area contributed by atoms with Crippen LogP contribution in [0.2, 0.25) is 0 Å². The van der Waals surface area contributed by atoms with Crippen molar-refractivity contribution >= 4 is 11.4 Å². The molecule has 0 aromatic carbocycles. The molecule has 0 spiro atoms. The molecule has 0 fully saturated rings. The van der Waals surface area contributed by atoms with Gasteiger partial charge < -0.3 is 0 Å². The zero-order valence-electron chi connectivity index (χ0n) is 18.2. The second kappa shape index (κ2) is 9.52. The number of aliphatic imine (C=N–C) groups is 2. The molecule has 0 amide bonds. The summed E-state index contributed by atoms with van der Waals surface area (Å²) in [6.45, 7) is 9.53. The van der Waals surface area contributed by atoms with E-state index in [1.165, 1.54) is 0 Å². The summed E-state index contributed by atoms with van der Waals surface area (Å²) >= 11 is 0. The van der Waals surface area contributed by atoms with Gasteiger partial charge in [0.05, 0.1) is 37.4 Å². The number of hydrogen-bond donors (Lipinski definition) is 0. The summed E-state index contributed by atoms with van der Waals surface area (Å²) in [5.74, 6) is -1.45. The zero-order valence-corrected chi connectivity index (χ0v) is 18.2. The predicted molar refractivity (Wildman–Crippen MR) is 116 cm³/mol. The highest BCUT2D eigenvalue weighted by atomic mass is 14.8. The van der Waals surface area contributed by atoms with Crippen LogP contribution in [0.25, 0.3) is 0 Å². The molecule has 0 unspecified atom stereocenters. The van der Waals surface area contributed by atoms with Crippen LogP contribution in [0.5, 0.6) is 0 Å². The van der Waals surface area contributed by atoms with Crippen LogP contribution < -0.4 is 0 Å². The van der Waals surface area contributed by atoms with Gasteiger partial charge in [-0.3, -0.25) is 9.98 Å². The molecule has 0 aromatic rings. The third-order valence-corrected chi connectivity index (χ3v) is 5.38. The Morgan fingerprint density at radius 2 is 1.03 bits per heavy atom. The van der Waals surface area contributed by atoms with Gasteiger partial charge in [0.15, 0.2) is 11.8 Å². The summed E-state index contributed by atoms with van der Waals surface area (Å²) < 4.78 is 0. The van der Waals surface area contributed by atoms with Crippen molar-refractivity contribution in [3.8, 4) is 24.3 Å². The number of nitrogens with zero attached hydrogens (tertiary/aromatic N) is 6. The third kappa shape index (κ3) is 6.14. The van der Waals surface area contributed by atoms with Gasteiger partial charge in [0.2, 0.25) is 0 Å². The van der Waals surface area contributed by atoms with E-state index in [0.717, 1.165) is 48.3 Å². The minimum Gasteiger partial charge on any atom is -0.288 e. The Balaban J connectivity index is 2.15. The summed E-state index contributed by atoms with van der Waals surface area (Å²) in [5.41, 5.74) is 3.42. The average molecular weight is 401 g/mol. The van der Waals surface area contributed by atoms with Gasteiger partial charge in [-0.1, -0.05) is 27.7 Å². The van der Waals surface area contributed by atoms with Crippen LogP contribution in [0.4, 0.5) is 0 Å². The van der Waals surface area contributed by atoms with Crippen LogP contribution in [-0.2, 0) is 0 Å². The maximum atomic E-state index is 9.21. The van der Waals surface area contributed by atoms with Crippen LogP contribution in [-0.4, -0.2) is 24.5 Å². The lowest BCUT2D eigenvalue weighted by Gasteiger charge is -2.31. The first-order valence-corrected chi connectivity index (χ1v) is 10.2. The highest BCUT2D eigenvalue weighted by Crippen LogP contribution is 2.38. The van der Waals surface area contributed by atoms with Crippen molar-refractivity contribution in [2.24, 2.45) is 32.7 Å². The van der Waals surface area contributed by atoms with Crippen molar-refractivity contribution in [1.82, 2.24) is 0 Å². The molecule has 0 radical (unpaired) electrons. The van der Waals surface area contributed by atoms with Crippen LogP contribution in [0.1, 0.15) is 53.4 Å². The molecule has 0 atom stereocenters. The van der Waals surface area contributed by atoms with Gasteiger partial charge in [-0.2, -0.15) is 21.0 Å². The van der Waals surface area contributed by atoms with E-state index in [-0.39, 0.29) is 10.8 Å². The van der Waals surface area contributed by atoms with E-state index in [9.17, 15) is 21.0 Å². The molecular formula is C24H28N6. The Hall–Kier alpha value is -3.22. The highest BCUT2D eigenvalue weighted by molar-refractivity contribution is 5.98. The fraction of sp³-hybridized carbons (Fsp3) is 0.583. The standard InChI is InChI=1S/C24H28N6/c1-23(2)9-17(19(13-25)14-26)7-21(11-23)29-5-6-30-22-8-18(20(15-27)16-28)10-24(3,4)12-22/h7-8,19-20H,5-6,9-12H2,1-4H3. The molecule has 6 nitrogen and oxygen atoms in total. The predicted octanol–water partition coefficient (Wildman–Crippen LogP) is 4.69. The molecule has 2 aliphatic carbocycles. The number of nitriles is 4. The minimum absolute atomic E-state index is 0.0323. The van der Waals surface area contributed by atoms with Crippen molar-refractivity contribution in [2.45, 2.75) is 53.4 Å². The maximum Gasteiger partial charge on any atom is 0.154 e. The summed E-state index contributed by atoms with van der Waals surface area (Å²) in [7, 11) is 0. The average Bonchev–Trinajstić information content (AvgIpc) is 2.65. The normalized spacial score (nSPS) is 22.6. The van der Waals surface area contributed by atoms with E-state index in [1.54, 1.807) is 0 Å². The first-order valence-electron chi connectivity index (χ1n) is 10.2. The maximum absolute atomic E-state index is 9.21. The van der Waals surface area contributed by atoms with Gasteiger partial charge in [-0.15, -0.1) is 0 Å². The van der Waals surface area contributed by atoms with E-state index in [2.05, 4.69) is 62.0 Å². The number of hydrogen-bond acceptors (Lipinski definition) is 6. The Morgan fingerprint density at radius 1 is 0.700 bits per heavy atom. The topological polar surface area (TPSA) is 120 Å². The number of allylic oxidation sites excluding steroid dienone is 4. The second-order valence-electron chi connectivity index (χ2n) is 9.60. The van der Waals surface area contributed by atoms with E-state index in [0.29, 0.717) is 13.1 Å². The van der Waals surface area contributed by atoms with Gasteiger partial charge in [0.25, 0.3) is 0 Å². The second-order valence-corrected chi connectivity index (χ2v) is 9.60. The molecule has 0 aromatic heterocycles. The smallest absolute Gasteiger partial charge is 0.154 e. The molecule has 154 valence electrons. The Morgan fingerprint density at radius 3 is 1.33 bits per heavy atom. The summed E-state index contributed by atoms with van der Waals surface area (Å²) in [5, 5.41) is 36.9. The van der Waals surface area contributed by atoms with Crippen molar-refractivity contribution in [3.05, 3.63) is 23.3 Å². The SMILES string of the molecule is CC1(C)CC(C(C#N)C#N)=CC(=NCCN=C2C=C(C(C#N)C#N)CC(C)(C)C2)C1. The lowest BCUT2D eigenvalue weighted by Crippen LogP contribution is -2.25. The molecule has 0 saturated carbocycles. The first kappa shape index (κ1) is 23.1. The van der Waals surface area contributed by atoms with Crippen LogP contribution in [0.15, 0.2) is 33.3 Å². The van der Waals surface area contributed by atoms with Gasteiger partial charge in [0.1, 0.15) is 0 Å². The van der Waals surface area contributed by atoms with E-state index in [4.69, 9.17) is 0 Å². The molecule has 2 aliphatic rings. The van der Waals surface area contributed by atoms with Crippen LogP contribution >= 0.6 is 0 Å². The summed E-state index contributed by atoms with van der Waals surface area (Å²) in [6.07, 6.45) is 6.87. The molecule has 30 heavy (non-hydrogen) atoms. The molecule has 2 rings (SSSR count). The lowest BCUT2D eigenvalue weighted by atomic mass is 9.73. The summed E-state index contributed by atoms with van der Waals surface area (Å²) in [4.78, 5) is 9.35. The molecule has 0 saturated heterocycles. The van der Waals surface area contributed by atoms with E-state index >= 15 is 0 Å². The third-order valence-electron chi connectivity index (χ3n) is 5.38. The Bertz CT molecular complexity index is 855. The molecular weight excluding hydrogens is 372 g/mol. The number of rotatable bonds is 5. The Labute approximate surface area is 179 Å². The van der Waals surface area contributed by atoms with Gasteiger partial charge in [0, 0.05) is 11.4 Å². The molecule has 0 bridgehead atoms.